The van der Waals surface area contributed by atoms with Gasteiger partial charge in [-0.2, -0.15) is 0 Å². The van der Waals surface area contributed by atoms with Crippen molar-refractivity contribution in [2.75, 3.05) is 38.7 Å². The molecule has 1 aliphatic rings. The zero-order valence-corrected chi connectivity index (χ0v) is 19.6. The third-order valence-corrected chi connectivity index (χ3v) is 6.58. The second kappa shape index (κ2) is 13.1. The number of hydrogen-bond acceptors (Lipinski definition) is 6. The highest BCUT2D eigenvalue weighted by Crippen LogP contribution is 2.24. The van der Waals surface area contributed by atoms with Crippen molar-refractivity contribution in [3.63, 3.8) is 0 Å². The zero-order valence-electron chi connectivity index (χ0n) is 18.8. The normalized spacial score (nSPS) is 15.2. The molecule has 6 heteroatoms. The van der Waals surface area contributed by atoms with E-state index in [4.69, 9.17) is 9.47 Å². The van der Waals surface area contributed by atoms with Crippen molar-refractivity contribution in [1.29, 1.82) is 0 Å². The van der Waals surface area contributed by atoms with Crippen LogP contribution < -0.4 is 0 Å². The number of thioether (sulfide) groups is 1. The van der Waals surface area contributed by atoms with Crippen LogP contribution in [0.3, 0.4) is 0 Å². The Morgan fingerprint density at radius 3 is 2.33 bits per heavy atom. The molecule has 168 valence electrons. The van der Waals surface area contributed by atoms with E-state index in [-0.39, 0.29) is 11.8 Å². The van der Waals surface area contributed by atoms with E-state index in [2.05, 4.69) is 11.8 Å². The Bertz CT molecular complexity index is 654. The van der Waals surface area contributed by atoms with Crippen LogP contribution in [0.4, 0.5) is 0 Å². The third-order valence-electron chi connectivity index (χ3n) is 5.59. The summed E-state index contributed by atoms with van der Waals surface area (Å²) in [6, 6.07) is 7.53. The highest BCUT2D eigenvalue weighted by atomic mass is 32.2. The fourth-order valence-electron chi connectivity index (χ4n) is 3.57. The summed E-state index contributed by atoms with van der Waals surface area (Å²) in [6.45, 7) is 9.54. The molecule has 0 radical (unpaired) electrons. The van der Waals surface area contributed by atoms with E-state index in [0.29, 0.717) is 31.1 Å². The lowest BCUT2D eigenvalue weighted by molar-refractivity contribution is -0.140. The minimum atomic E-state index is -0.557. The fourth-order valence-corrected chi connectivity index (χ4v) is 4.27. The maximum absolute atomic E-state index is 13.0. The van der Waals surface area contributed by atoms with Crippen molar-refractivity contribution in [1.82, 2.24) is 4.90 Å². The van der Waals surface area contributed by atoms with Gasteiger partial charge in [0.2, 0.25) is 0 Å². The van der Waals surface area contributed by atoms with Gasteiger partial charge in [0.25, 0.3) is 0 Å². The number of Topliss-reactive ketones (excluding diaryl/α,β-unsaturated/α-hetero) is 1. The molecule has 1 aromatic carbocycles. The van der Waals surface area contributed by atoms with Crippen LogP contribution >= 0.6 is 11.8 Å². The minimum Gasteiger partial charge on any atom is -0.465 e. The van der Waals surface area contributed by atoms with Gasteiger partial charge in [0.1, 0.15) is 0 Å². The van der Waals surface area contributed by atoms with Gasteiger partial charge >= 0.3 is 5.97 Å². The van der Waals surface area contributed by atoms with Crippen molar-refractivity contribution in [3.8, 4) is 0 Å². The Morgan fingerprint density at radius 1 is 1.03 bits per heavy atom. The molecule has 0 N–H and O–H groups in total. The van der Waals surface area contributed by atoms with Gasteiger partial charge in [0, 0.05) is 23.5 Å². The number of hydrogen-bond donors (Lipinski definition) is 0. The quantitative estimate of drug-likeness (QED) is 0.189. The molecule has 1 aliphatic heterocycles. The molecule has 5 nitrogen and oxygen atoms in total. The zero-order chi connectivity index (χ0) is 21.8. The van der Waals surface area contributed by atoms with Gasteiger partial charge < -0.3 is 9.47 Å². The van der Waals surface area contributed by atoms with Crippen LogP contribution in [0.2, 0.25) is 0 Å². The maximum Gasteiger partial charge on any atom is 0.316 e. The predicted octanol–water partition coefficient (Wildman–Crippen LogP) is 4.98. The summed E-state index contributed by atoms with van der Waals surface area (Å²) >= 11 is 1.45. The third kappa shape index (κ3) is 8.05. The molecular formula is C24H37NO4S. The lowest BCUT2D eigenvalue weighted by atomic mass is 9.91. The molecular weight excluding hydrogens is 398 g/mol. The molecule has 1 aromatic rings. The molecule has 0 spiro atoms. The van der Waals surface area contributed by atoms with Gasteiger partial charge in [-0.3, -0.25) is 14.5 Å². The lowest BCUT2D eigenvalue weighted by Crippen LogP contribution is -2.54. The number of ketones is 1. The summed E-state index contributed by atoms with van der Waals surface area (Å²) < 4.78 is 10.7. The van der Waals surface area contributed by atoms with E-state index in [0.717, 1.165) is 30.8 Å². The molecule has 0 amide bonds. The first-order valence-corrected chi connectivity index (χ1v) is 12.2. The summed E-state index contributed by atoms with van der Waals surface area (Å²) in [5.41, 5.74) is 0.139. The van der Waals surface area contributed by atoms with Crippen LogP contribution in [0.1, 0.15) is 69.7 Å². The summed E-state index contributed by atoms with van der Waals surface area (Å²) in [7, 11) is 0. The average molecular weight is 436 g/mol. The molecule has 1 saturated heterocycles. The molecule has 1 fully saturated rings. The SMILES string of the molecule is CCCCCCCCOC(=O)CSc1ccc(C(=O)C(C)(C)N2CCOCC2)cc1. The van der Waals surface area contributed by atoms with Gasteiger partial charge in [0.05, 0.1) is 31.1 Å². The number of carbonyl (C=O) groups excluding carboxylic acids is 2. The van der Waals surface area contributed by atoms with Gasteiger partial charge in [-0.25, -0.2) is 0 Å². The van der Waals surface area contributed by atoms with Crippen molar-refractivity contribution in [2.24, 2.45) is 0 Å². The summed E-state index contributed by atoms with van der Waals surface area (Å²) in [6.07, 6.45) is 7.07. The lowest BCUT2D eigenvalue weighted by Gasteiger charge is -2.39. The van der Waals surface area contributed by atoms with E-state index in [1.807, 2.05) is 38.1 Å². The first-order chi connectivity index (χ1) is 14.4. The van der Waals surface area contributed by atoms with Crippen molar-refractivity contribution in [2.45, 2.75) is 69.7 Å². The number of benzene rings is 1. The van der Waals surface area contributed by atoms with Crippen LogP contribution in [0.25, 0.3) is 0 Å². The Balaban J connectivity index is 1.72. The fraction of sp³-hybridized carbons (Fsp3) is 0.667. The largest absolute Gasteiger partial charge is 0.465 e. The van der Waals surface area contributed by atoms with E-state index < -0.39 is 5.54 Å². The smallest absolute Gasteiger partial charge is 0.316 e. The van der Waals surface area contributed by atoms with Crippen molar-refractivity contribution < 1.29 is 19.1 Å². The van der Waals surface area contributed by atoms with Crippen molar-refractivity contribution in [3.05, 3.63) is 29.8 Å². The number of morpholine rings is 1. The summed E-state index contributed by atoms with van der Waals surface area (Å²) in [5, 5.41) is 0. The van der Waals surface area contributed by atoms with Crippen LogP contribution in [0, 0.1) is 0 Å². The molecule has 30 heavy (non-hydrogen) atoms. The second-order valence-corrected chi connectivity index (χ2v) is 9.34. The summed E-state index contributed by atoms with van der Waals surface area (Å²) in [4.78, 5) is 28.1. The molecule has 0 atom stereocenters. The monoisotopic (exact) mass is 435 g/mol. The molecule has 0 saturated carbocycles. The Hall–Kier alpha value is -1.37. The number of ether oxygens (including phenoxy) is 2. The van der Waals surface area contributed by atoms with Gasteiger partial charge in [0.15, 0.2) is 5.78 Å². The van der Waals surface area contributed by atoms with E-state index >= 15 is 0 Å². The van der Waals surface area contributed by atoms with Crippen molar-refractivity contribution >= 4 is 23.5 Å². The highest BCUT2D eigenvalue weighted by molar-refractivity contribution is 8.00. The van der Waals surface area contributed by atoms with Crippen LogP contribution in [0.15, 0.2) is 29.2 Å². The first-order valence-electron chi connectivity index (χ1n) is 11.2. The molecule has 0 bridgehead atoms. The predicted molar refractivity (Wildman–Crippen MR) is 122 cm³/mol. The Kier molecular flexibility index (Phi) is 10.9. The highest BCUT2D eigenvalue weighted by Gasteiger charge is 2.35. The van der Waals surface area contributed by atoms with Crippen LogP contribution in [-0.2, 0) is 14.3 Å². The molecule has 0 aliphatic carbocycles. The first kappa shape index (κ1) is 24.9. The number of rotatable bonds is 13. The standard InChI is InChI=1S/C24H37NO4S/c1-4-5-6-7-8-9-16-29-22(26)19-30-21-12-10-20(11-13-21)23(27)24(2,3)25-14-17-28-18-15-25/h10-13H,4-9,14-19H2,1-3H3. The summed E-state index contributed by atoms with van der Waals surface area (Å²) in [5.74, 6) is 0.226. The van der Waals surface area contributed by atoms with Crippen LogP contribution in [-0.4, -0.2) is 60.9 Å². The molecule has 0 unspecified atom stereocenters. The Morgan fingerprint density at radius 2 is 1.67 bits per heavy atom. The molecule has 1 heterocycles. The number of nitrogens with zero attached hydrogens (tertiary/aromatic N) is 1. The molecule has 0 aromatic heterocycles. The van der Waals surface area contributed by atoms with Gasteiger partial charge in [-0.15, -0.1) is 11.8 Å². The van der Waals surface area contributed by atoms with Crippen LogP contribution in [0.5, 0.6) is 0 Å². The number of carbonyl (C=O) groups is 2. The minimum absolute atomic E-state index is 0.110. The maximum atomic E-state index is 13.0. The second-order valence-electron chi connectivity index (χ2n) is 8.29. The Labute approximate surface area is 185 Å². The topological polar surface area (TPSA) is 55.8 Å². The van der Waals surface area contributed by atoms with E-state index in [1.54, 1.807) is 0 Å². The van der Waals surface area contributed by atoms with Gasteiger partial charge in [-0.05, 0) is 32.4 Å². The van der Waals surface area contributed by atoms with E-state index in [1.165, 1.54) is 37.4 Å². The number of unbranched alkanes of at least 4 members (excludes halogenated alkanes) is 5. The average Bonchev–Trinajstić information content (AvgIpc) is 2.77. The van der Waals surface area contributed by atoms with E-state index in [9.17, 15) is 9.59 Å². The molecule has 2 rings (SSSR count). The number of esters is 1. The van der Waals surface area contributed by atoms with Gasteiger partial charge in [-0.1, -0.05) is 51.2 Å².